The predicted molar refractivity (Wildman–Crippen MR) is 80.0 cm³/mol. The van der Waals surface area contributed by atoms with Crippen molar-refractivity contribution in [3.8, 4) is 0 Å². The van der Waals surface area contributed by atoms with Crippen molar-refractivity contribution < 1.29 is 14.7 Å². The van der Waals surface area contributed by atoms with Gasteiger partial charge in [-0.25, -0.2) is 0 Å². The van der Waals surface area contributed by atoms with Crippen LogP contribution in [0.25, 0.3) is 0 Å². The monoisotopic (exact) mass is 291 g/mol. The van der Waals surface area contributed by atoms with Crippen LogP contribution >= 0.6 is 0 Å². The Kier molecular flexibility index (Phi) is 7.29. The second kappa shape index (κ2) is 9.00. The highest BCUT2D eigenvalue weighted by atomic mass is 16.4. The number of amides is 1. The summed E-state index contributed by atoms with van der Waals surface area (Å²) >= 11 is 0. The summed E-state index contributed by atoms with van der Waals surface area (Å²) in [6.07, 6.45) is 2.46. The zero-order valence-electron chi connectivity index (χ0n) is 12.6. The molecule has 0 bridgehead atoms. The first kappa shape index (κ1) is 17.0. The maximum absolute atomic E-state index is 11.8. The van der Waals surface area contributed by atoms with Gasteiger partial charge in [0.05, 0.1) is 5.69 Å². The van der Waals surface area contributed by atoms with E-state index < -0.39 is 11.9 Å². The average Bonchev–Trinajstić information content (AvgIpc) is 2.46. The van der Waals surface area contributed by atoms with Crippen LogP contribution in [0.15, 0.2) is 30.3 Å². The summed E-state index contributed by atoms with van der Waals surface area (Å²) in [5, 5.41) is 11.1. The zero-order valence-corrected chi connectivity index (χ0v) is 12.6. The molecule has 1 rings (SSSR count). The molecule has 2 atom stereocenters. The fourth-order valence-corrected chi connectivity index (χ4v) is 2.21. The Labute approximate surface area is 125 Å². The van der Waals surface area contributed by atoms with Crippen molar-refractivity contribution >= 4 is 17.6 Å². The normalized spacial score (nSPS) is 13.2. The van der Waals surface area contributed by atoms with Gasteiger partial charge in [0.2, 0.25) is 5.91 Å². The maximum Gasteiger partial charge on any atom is 0.238 e. The highest BCUT2D eigenvalue weighted by molar-refractivity contribution is 5.78. The molecule has 1 aromatic carbocycles. The first-order chi connectivity index (χ1) is 10.0. The highest BCUT2D eigenvalue weighted by Gasteiger charge is 2.20. The molecular formula is C16H23N2O3-. The number of anilines is 1. The van der Waals surface area contributed by atoms with Crippen LogP contribution in [0.1, 0.15) is 39.5 Å². The van der Waals surface area contributed by atoms with Crippen LogP contribution in [-0.4, -0.2) is 11.9 Å². The van der Waals surface area contributed by atoms with E-state index in [0.717, 1.165) is 18.5 Å². The van der Waals surface area contributed by atoms with Crippen molar-refractivity contribution in [1.82, 2.24) is 5.43 Å². The fourth-order valence-electron chi connectivity index (χ4n) is 2.21. The van der Waals surface area contributed by atoms with Gasteiger partial charge >= 0.3 is 0 Å². The van der Waals surface area contributed by atoms with Gasteiger partial charge in [-0.3, -0.25) is 15.6 Å². The van der Waals surface area contributed by atoms with Crippen molar-refractivity contribution in [2.24, 2.45) is 11.8 Å². The highest BCUT2D eigenvalue weighted by Crippen LogP contribution is 2.21. The summed E-state index contributed by atoms with van der Waals surface area (Å²) < 4.78 is 0. The number of unbranched alkanes of at least 4 members (excludes halogenated alkanes) is 1. The van der Waals surface area contributed by atoms with Crippen LogP contribution in [0.2, 0.25) is 0 Å². The number of benzene rings is 1. The lowest BCUT2D eigenvalue weighted by Gasteiger charge is -2.24. The molecule has 0 aromatic heterocycles. The van der Waals surface area contributed by atoms with Gasteiger partial charge in [-0.05, 0) is 24.5 Å². The first-order valence-electron chi connectivity index (χ1n) is 7.35. The number of hydrogen-bond donors (Lipinski definition) is 2. The summed E-state index contributed by atoms with van der Waals surface area (Å²) in [7, 11) is 0. The molecule has 0 aliphatic rings. The minimum atomic E-state index is -1.07. The lowest BCUT2D eigenvalue weighted by atomic mass is 9.87. The number of para-hydroxylation sites is 1. The third kappa shape index (κ3) is 6.29. The van der Waals surface area contributed by atoms with Gasteiger partial charge in [-0.2, -0.15) is 0 Å². The van der Waals surface area contributed by atoms with E-state index in [0.29, 0.717) is 6.42 Å². The summed E-state index contributed by atoms with van der Waals surface area (Å²) in [6.45, 7) is 3.78. The number of hydrogen-bond acceptors (Lipinski definition) is 4. The van der Waals surface area contributed by atoms with Gasteiger partial charge in [-0.15, -0.1) is 0 Å². The van der Waals surface area contributed by atoms with Crippen LogP contribution in [0, 0.1) is 11.8 Å². The number of nitrogens with one attached hydrogen (secondary N) is 2. The summed E-state index contributed by atoms with van der Waals surface area (Å²) in [5.74, 6) is -2.12. The Morgan fingerprint density at radius 2 is 1.90 bits per heavy atom. The lowest BCUT2D eigenvalue weighted by molar-refractivity contribution is -0.313. The van der Waals surface area contributed by atoms with E-state index in [4.69, 9.17) is 0 Å². The predicted octanol–water partition coefficient (Wildman–Crippen LogP) is 1.71. The van der Waals surface area contributed by atoms with Crippen molar-refractivity contribution in [3.63, 3.8) is 0 Å². The largest absolute Gasteiger partial charge is 0.550 e. The Morgan fingerprint density at radius 1 is 1.24 bits per heavy atom. The fraction of sp³-hybridized carbons (Fsp3) is 0.500. The molecule has 0 aliphatic carbocycles. The Hall–Kier alpha value is -2.04. The molecule has 2 N–H and O–H groups in total. The smallest absolute Gasteiger partial charge is 0.238 e. The number of aliphatic carboxylic acids is 1. The van der Waals surface area contributed by atoms with Crippen molar-refractivity contribution in [2.45, 2.75) is 39.5 Å². The third-order valence-corrected chi connectivity index (χ3v) is 3.49. The molecule has 0 saturated heterocycles. The molecule has 0 radical (unpaired) electrons. The van der Waals surface area contributed by atoms with Gasteiger partial charge in [0, 0.05) is 18.3 Å². The minimum Gasteiger partial charge on any atom is -0.550 e. The Bertz CT molecular complexity index is 448. The van der Waals surface area contributed by atoms with Crippen LogP contribution in [0.5, 0.6) is 0 Å². The van der Waals surface area contributed by atoms with Gasteiger partial charge < -0.3 is 9.90 Å². The van der Waals surface area contributed by atoms with Crippen molar-refractivity contribution in [1.29, 1.82) is 0 Å². The van der Waals surface area contributed by atoms with Gasteiger partial charge in [0.25, 0.3) is 0 Å². The number of carboxylic acids is 1. The zero-order chi connectivity index (χ0) is 15.7. The average molecular weight is 291 g/mol. The standard InChI is InChI=1S/C16H24N2O3/c1-3-4-10-14(16(20)21)12(2)11-15(19)18-17-13-8-6-5-7-9-13/h5-9,12,14,17H,3-4,10-11H2,1-2H3,(H,18,19)(H,20,21)/p-1/t12-,14+/m0/s1. The second-order valence-corrected chi connectivity index (χ2v) is 5.29. The molecule has 1 aromatic rings. The molecule has 0 spiro atoms. The number of carbonyl (C=O) groups is 2. The molecule has 0 fully saturated rings. The topological polar surface area (TPSA) is 81.3 Å². The van der Waals surface area contributed by atoms with E-state index in [1.54, 1.807) is 6.92 Å². The summed E-state index contributed by atoms with van der Waals surface area (Å²) in [5.41, 5.74) is 6.15. The van der Waals surface area contributed by atoms with E-state index in [9.17, 15) is 14.7 Å². The maximum atomic E-state index is 11.8. The lowest BCUT2D eigenvalue weighted by Crippen LogP contribution is -2.38. The third-order valence-electron chi connectivity index (χ3n) is 3.49. The first-order valence-corrected chi connectivity index (χ1v) is 7.35. The summed E-state index contributed by atoms with van der Waals surface area (Å²) in [6, 6.07) is 9.25. The number of carbonyl (C=O) groups excluding carboxylic acids is 2. The molecule has 5 heteroatoms. The second-order valence-electron chi connectivity index (χ2n) is 5.29. The van der Waals surface area contributed by atoms with Crippen molar-refractivity contribution in [2.75, 3.05) is 5.43 Å². The molecule has 116 valence electrons. The van der Waals surface area contributed by atoms with Crippen LogP contribution in [-0.2, 0) is 9.59 Å². The van der Waals surface area contributed by atoms with Crippen LogP contribution in [0.3, 0.4) is 0 Å². The number of rotatable bonds is 9. The quantitative estimate of drug-likeness (QED) is 0.679. The van der Waals surface area contributed by atoms with Gasteiger partial charge in [0.1, 0.15) is 0 Å². The van der Waals surface area contributed by atoms with Crippen LogP contribution in [0.4, 0.5) is 5.69 Å². The van der Waals surface area contributed by atoms with Gasteiger partial charge in [-0.1, -0.05) is 44.9 Å². The molecule has 21 heavy (non-hydrogen) atoms. The Morgan fingerprint density at radius 3 is 2.48 bits per heavy atom. The molecule has 0 saturated carbocycles. The van der Waals surface area contributed by atoms with Crippen LogP contribution < -0.4 is 16.0 Å². The van der Waals surface area contributed by atoms with Crippen molar-refractivity contribution in [3.05, 3.63) is 30.3 Å². The van der Waals surface area contributed by atoms with E-state index in [-0.39, 0.29) is 18.2 Å². The number of hydrazine groups is 1. The van der Waals surface area contributed by atoms with E-state index in [1.165, 1.54) is 0 Å². The van der Waals surface area contributed by atoms with Gasteiger partial charge in [0.15, 0.2) is 0 Å². The molecular weight excluding hydrogens is 268 g/mol. The van der Waals surface area contributed by atoms with E-state index >= 15 is 0 Å². The minimum absolute atomic E-state index is 0.155. The molecule has 0 heterocycles. The molecule has 5 nitrogen and oxygen atoms in total. The SMILES string of the molecule is CCCC[C@@H](C(=O)[O-])[C@@H](C)CC(=O)NNc1ccccc1. The molecule has 0 unspecified atom stereocenters. The van der Waals surface area contributed by atoms with E-state index in [2.05, 4.69) is 10.9 Å². The summed E-state index contributed by atoms with van der Waals surface area (Å²) in [4.78, 5) is 23.0. The van der Waals surface area contributed by atoms with E-state index in [1.807, 2.05) is 37.3 Å². The number of carboxylic acid groups (broad SMARTS) is 1. The molecule has 1 amide bonds. The Balaban J connectivity index is 2.42. The molecule has 0 aliphatic heterocycles.